The number of nitrogens with zero attached hydrogens (tertiary/aromatic N) is 3. The fourth-order valence-corrected chi connectivity index (χ4v) is 8.41. The molecule has 7 rings (SSSR count). The molecule has 1 unspecified atom stereocenters. The van der Waals surface area contributed by atoms with E-state index in [0.29, 0.717) is 30.9 Å². The van der Waals surface area contributed by atoms with Crippen LogP contribution < -0.4 is 16.2 Å². The molecule has 2 aliphatic heterocycles. The molecule has 3 aliphatic rings. The molecule has 3 aromatic heterocycles. The Balaban J connectivity index is 1.28. The Morgan fingerprint density at radius 3 is 2.98 bits per heavy atom. The predicted molar refractivity (Wildman–Crippen MR) is 157 cm³/mol. The van der Waals surface area contributed by atoms with Crippen molar-refractivity contribution < 1.29 is 9.84 Å². The van der Waals surface area contributed by atoms with Gasteiger partial charge in [-0.05, 0) is 58.6 Å². The molecule has 5 heterocycles. The number of pyridine rings is 1. The van der Waals surface area contributed by atoms with Crippen LogP contribution in [0.3, 0.4) is 0 Å². The van der Waals surface area contributed by atoms with Gasteiger partial charge in [-0.3, -0.25) is 9.48 Å². The largest absolute Gasteiger partial charge is 0.392 e. The molecule has 4 aromatic rings. The topological polar surface area (TPSA) is 93.3 Å². The van der Waals surface area contributed by atoms with Crippen molar-refractivity contribution in [2.24, 2.45) is 12.5 Å². The summed E-state index contributed by atoms with van der Waals surface area (Å²) >= 11 is 1.95. The molecule has 1 aromatic carbocycles. The first kappa shape index (κ1) is 25.7. The summed E-state index contributed by atoms with van der Waals surface area (Å²) in [4.78, 5) is 16.1. The number of aliphatic hydroxyl groups excluding tert-OH is 1. The number of aromatic nitrogens is 3. The number of anilines is 2. The van der Waals surface area contributed by atoms with Gasteiger partial charge in [0, 0.05) is 35.1 Å². The average Bonchev–Trinajstić information content (AvgIpc) is 3.60. The quantitative estimate of drug-likeness (QED) is 0.336. The van der Waals surface area contributed by atoms with E-state index in [0.717, 1.165) is 59.4 Å². The van der Waals surface area contributed by atoms with Crippen molar-refractivity contribution in [3.05, 3.63) is 84.7 Å². The highest BCUT2D eigenvalue weighted by Gasteiger charge is 2.37. The lowest BCUT2D eigenvalue weighted by atomic mass is 9.86. The number of ether oxygens (including phenoxy) is 1. The van der Waals surface area contributed by atoms with E-state index in [2.05, 4.69) is 41.7 Å². The smallest absolute Gasteiger partial charge is 0.274 e. The maximum Gasteiger partial charge on any atom is 0.274 e. The van der Waals surface area contributed by atoms with Crippen molar-refractivity contribution in [1.29, 1.82) is 0 Å². The monoisotopic (exact) mass is 557 g/mol. The molecular weight excluding hydrogens is 522 g/mol. The Kier molecular flexibility index (Phi) is 6.23. The highest BCUT2D eigenvalue weighted by molar-refractivity contribution is 7.12. The fraction of sp³-hybridized carbons (Fsp3) is 0.419. The van der Waals surface area contributed by atoms with E-state index in [9.17, 15) is 9.90 Å². The Hall–Kier alpha value is -3.24. The van der Waals surface area contributed by atoms with E-state index in [4.69, 9.17) is 4.74 Å². The summed E-state index contributed by atoms with van der Waals surface area (Å²) in [6, 6.07) is 8.17. The lowest BCUT2D eigenvalue weighted by Gasteiger charge is -2.28. The summed E-state index contributed by atoms with van der Waals surface area (Å²) in [7, 11) is 1.76. The maximum absolute atomic E-state index is 13.2. The molecule has 0 bridgehead atoms. The summed E-state index contributed by atoms with van der Waals surface area (Å²) in [5.41, 5.74) is 9.27. The summed E-state index contributed by atoms with van der Waals surface area (Å²) < 4.78 is 9.13. The van der Waals surface area contributed by atoms with Gasteiger partial charge >= 0.3 is 0 Å². The van der Waals surface area contributed by atoms with Crippen LogP contribution in [0.2, 0.25) is 0 Å². The third-order valence-electron chi connectivity index (χ3n) is 8.59. The lowest BCUT2D eigenvalue weighted by Crippen LogP contribution is -2.31. The average molecular weight is 558 g/mol. The van der Waals surface area contributed by atoms with Crippen LogP contribution in [0.4, 0.5) is 11.4 Å². The second-order valence-corrected chi connectivity index (χ2v) is 13.1. The van der Waals surface area contributed by atoms with Gasteiger partial charge in [0.15, 0.2) is 0 Å². The van der Waals surface area contributed by atoms with Gasteiger partial charge in [-0.2, -0.15) is 5.10 Å². The second-order valence-electron chi connectivity index (χ2n) is 12.0. The Labute approximate surface area is 237 Å². The minimum Gasteiger partial charge on any atom is -0.392 e. The van der Waals surface area contributed by atoms with E-state index in [1.165, 1.54) is 15.3 Å². The van der Waals surface area contributed by atoms with Gasteiger partial charge in [-0.15, -0.1) is 11.3 Å². The summed E-state index contributed by atoms with van der Waals surface area (Å²) in [6.45, 7) is 7.35. The van der Waals surface area contributed by atoms with E-state index in [1.54, 1.807) is 23.4 Å². The minimum absolute atomic E-state index is 0.0497. The zero-order valence-corrected chi connectivity index (χ0v) is 24.0. The number of aryl methyl sites for hydroxylation is 1. The Bertz CT molecular complexity index is 1680. The first-order valence-electron chi connectivity index (χ1n) is 14.0. The summed E-state index contributed by atoms with van der Waals surface area (Å²) in [5.74, 6) is 0. The van der Waals surface area contributed by atoms with Crippen LogP contribution in [0.15, 0.2) is 41.5 Å². The minimum atomic E-state index is -0.128. The van der Waals surface area contributed by atoms with Crippen LogP contribution >= 0.6 is 11.3 Å². The van der Waals surface area contributed by atoms with Crippen molar-refractivity contribution in [3.8, 4) is 11.1 Å². The normalized spacial score (nSPS) is 19.2. The number of hydrogen-bond donors (Lipinski definition) is 3. The number of fused-ring (bicyclic) bond motifs is 4. The molecule has 0 saturated heterocycles. The van der Waals surface area contributed by atoms with Crippen LogP contribution in [0, 0.1) is 5.41 Å². The Morgan fingerprint density at radius 2 is 2.12 bits per heavy atom. The van der Waals surface area contributed by atoms with E-state index >= 15 is 0 Å². The van der Waals surface area contributed by atoms with Crippen molar-refractivity contribution in [1.82, 2.24) is 19.7 Å². The third kappa shape index (κ3) is 4.23. The SMILES string of the molecule is Cn1cc(-c2cccc(C3NCCc4c3sc3c4CC(C)(C)C3)c2CO)cc(Nc2cnn3c2COCC3)c1=O. The van der Waals surface area contributed by atoms with Crippen LogP contribution in [-0.4, -0.2) is 32.6 Å². The van der Waals surface area contributed by atoms with E-state index < -0.39 is 0 Å². The first-order chi connectivity index (χ1) is 19.3. The van der Waals surface area contributed by atoms with Crippen molar-refractivity contribution in [2.45, 2.75) is 58.9 Å². The lowest BCUT2D eigenvalue weighted by molar-refractivity contribution is 0.0805. The Morgan fingerprint density at radius 1 is 1.25 bits per heavy atom. The van der Waals surface area contributed by atoms with Gasteiger partial charge in [0.1, 0.15) is 5.69 Å². The van der Waals surface area contributed by atoms with Gasteiger partial charge in [-0.25, -0.2) is 0 Å². The van der Waals surface area contributed by atoms with Gasteiger partial charge in [0.25, 0.3) is 5.56 Å². The molecule has 0 fully saturated rings. The molecule has 0 amide bonds. The number of nitrogens with one attached hydrogen (secondary N) is 2. The third-order valence-corrected chi connectivity index (χ3v) is 9.93. The standard InChI is InChI=1S/C31H35N5O3S/c1-31(2)12-22-21-7-8-32-28(29(21)40-27(22)13-31)20-6-4-5-19(23(20)16-37)18-11-24(30(38)35(3)15-18)34-25-14-33-36-9-10-39-17-26(25)36/h4-6,11,14-15,28,32,34,37H,7-10,12-13,16-17H2,1-3H3. The molecule has 1 aliphatic carbocycles. The fourth-order valence-electron chi connectivity index (χ4n) is 6.68. The van der Waals surface area contributed by atoms with Gasteiger partial charge in [0.2, 0.25) is 0 Å². The molecule has 9 heteroatoms. The molecular formula is C31H35N5O3S. The highest BCUT2D eigenvalue weighted by Crippen LogP contribution is 2.48. The van der Waals surface area contributed by atoms with E-state index in [1.807, 2.05) is 34.3 Å². The molecule has 1 atom stereocenters. The van der Waals surface area contributed by atoms with Crippen molar-refractivity contribution in [3.63, 3.8) is 0 Å². The predicted octanol–water partition coefficient (Wildman–Crippen LogP) is 4.44. The van der Waals surface area contributed by atoms with Gasteiger partial charge in [0.05, 0.1) is 50.0 Å². The number of hydrogen-bond acceptors (Lipinski definition) is 7. The summed E-state index contributed by atoms with van der Waals surface area (Å²) in [6.07, 6.45) is 6.95. The van der Waals surface area contributed by atoms with Crippen molar-refractivity contribution in [2.75, 3.05) is 18.5 Å². The van der Waals surface area contributed by atoms with Crippen LogP contribution in [0.25, 0.3) is 11.1 Å². The number of thiophene rings is 1. The maximum atomic E-state index is 13.2. The number of rotatable bonds is 5. The molecule has 3 N–H and O–H groups in total. The van der Waals surface area contributed by atoms with Crippen LogP contribution in [0.1, 0.15) is 57.6 Å². The van der Waals surface area contributed by atoms with Crippen LogP contribution in [-0.2, 0) is 50.8 Å². The second kappa shape index (κ2) is 9.69. The van der Waals surface area contributed by atoms with Gasteiger partial charge < -0.3 is 25.0 Å². The molecule has 0 spiro atoms. The molecule has 208 valence electrons. The molecule has 0 radical (unpaired) electrons. The molecule has 0 saturated carbocycles. The van der Waals surface area contributed by atoms with E-state index in [-0.39, 0.29) is 18.2 Å². The van der Waals surface area contributed by atoms with Crippen LogP contribution in [0.5, 0.6) is 0 Å². The zero-order valence-electron chi connectivity index (χ0n) is 23.2. The number of benzene rings is 1. The zero-order chi connectivity index (χ0) is 27.6. The summed E-state index contributed by atoms with van der Waals surface area (Å²) in [5, 5.41) is 22.2. The van der Waals surface area contributed by atoms with Crippen molar-refractivity contribution >= 4 is 22.7 Å². The van der Waals surface area contributed by atoms with Gasteiger partial charge in [-0.1, -0.05) is 32.0 Å². The molecule has 8 nitrogen and oxygen atoms in total. The first-order valence-corrected chi connectivity index (χ1v) is 14.8. The number of aliphatic hydroxyl groups is 1. The molecule has 40 heavy (non-hydrogen) atoms. The highest BCUT2D eigenvalue weighted by atomic mass is 32.1.